The highest BCUT2D eigenvalue weighted by molar-refractivity contribution is 6.06. The summed E-state index contributed by atoms with van der Waals surface area (Å²) in [7, 11) is 0. The number of hydrogen-bond acceptors (Lipinski definition) is 2. The standard InChI is InChI=1S/C14H15F3N2O2/c1-3-10-13(21)19(7-12(20)18-10)11-6-9(14(15,16)17)5-4-8(11)2/h4-6,10H,3,7H2,1-2H3,(H,18,20). The molecule has 1 saturated heterocycles. The van der Waals surface area contributed by atoms with E-state index in [-0.39, 0.29) is 24.0 Å². The Labute approximate surface area is 119 Å². The molecular weight excluding hydrogens is 285 g/mol. The van der Waals surface area contributed by atoms with Crippen LogP contribution in [0.25, 0.3) is 0 Å². The lowest BCUT2D eigenvalue weighted by Crippen LogP contribution is -2.58. The normalized spacial score (nSPS) is 19.7. The lowest BCUT2D eigenvalue weighted by molar-refractivity contribution is -0.137. The second kappa shape index (κ2) is 5.38. The van der Waals surface area contributed by atoms with Gasteiger partial charge in [-0.2, -0.15) is 13.2 Å². The number of anilines is 1. The van der Waals surface area contributed by atoms with Crippen LogP contribution < -0.4 is 10.2 Å². The van der Waals surface area contributed by atoms with Crippen molar-refractivity contribution >= 4 is 17.5 Å². The first-order valence-corrected chi connectivity index (χ1v) is 6.52. The molecule has 114 valence electrons. The van der Waals surface area contributed by atoms with E-state index in [4.69, 9.17) is 0 Å². The van der Waals surface area contributed by atoms with Crippen LogP contribution in [-0.2, 0) is 15.8 Å². The summed E-state index contributed by atoms with van der Waals surface area (Å²) in [6, 6.07) is 2.49. The van der Waals surface area contributed by atoms with E-state index in [0.29, 0.717) is 12.0 Å². The van der Waals surface area contributed by atoms with E-state index in [0.717, 1.165) is 17.0 Å². The molecule has 1 fully saturated rings. The third-order valence-corrected chi connectivity index (χ3v) is 3.44. The molecule has 0 radical (unpaired) electrons. The van der Waals surface area contributed by atoms with Gasteiger partial charge in [0.1, 0.15) is 12.6 Å². The Morgan fingerprint density at radius 2 is 2.00 bits per heavy atom. The van der Waals surface area contributed by atoms with Crippen LogP contribution in [0.1, 0.15) is 24.5 Å². The number of benzene rings is 1. The Morgan fingerprint density at radius 1 is 1.33 bits per heavy atom. The molecule has 21 heavy (non-hydrogen) atoms. The monoisotopic (exact) mass is 300 g/mol. The van der Waals surface area contributed by atoms with Crippen molar-refractivity contribution in [2.75, 3.05) is 11.4 Å². The Balaban J connectivity index is 2.44. The van der Waals surface area contributed by atoms with Crippen molar-refractivity contribution in [3.8, 4) is 0 Å². The van der Waals surface area contributed by atoms with Gasteiger partial charge in [-0.1, -0.05) is 13.0 Å². The van der Waals surface area contributed by atoms with Crippen molar-refractivity contribution in [2.24, 2.45) is 0 Å². The van der Waals surface area contributed by atoms with Crippen molar-refractivity contribution in [3.05, 3.63) is 29.3 Å². The smallest absolute Gasteiger partial charge is 0.343 e. The zero-order chi connectivity index (χ0) is 15.8. The molecule has 0 saturated carbocycles. The lowest BCUT2D eigenvalue weighted by Gasteiger charge is -2.33. The molecule has 1 aliphatic rings. The fraction of sp³-hybridized carbons (Fsp3) is 0.429. The molecule has 1 aromatic rings. The van der Waals surface area contributed by atoms with Gasteiger partial charge in [0.15, 0.2) is 0 Å². The molecule has 1 N–H and O–H groups in total. The number of piperazine rings is 1. The number of carbonyl (C=O) groups is 2. The topological polar surface area (TPSA) is 49.4 Å². The van der Waals surface area contributed by atoms with Gasteiger partial charge in [-0.3, -0.25) is 9.59 Å². The number of nitrogens with one attached hydrogen (secondary N) is 1. The minimum Gasteiger partial charge on any atom is -0.343 e. The number of halogens is 3. The van der Waals surface area contributed by atoms with Crippen molar-refractivity contribution in [3.63, 3.8) is 0 Å². The fourth-order valence-electron chi connectivity index (χ4n) is 2.27. The molecule has 1 atom stereocenters. The minimum absolute atomic E-state index is 0.128. The zero-order valence-electron chi connectivity index (χ0n) is 11.6. The van der Waals surface area contributed by atoms with Crippen LogP contribution in [-0.4, -0.2) is 24.4 Å². The van der Waals surface area contributed by atoms with Crippen molar-refractivity contribution in [2.45, 2.75) is 32.5 Å². The summed E-state index contributed by atoms with van der Waals surface area (Å²) in [5, 5.41) is 2.53. The van der Waals surface area contributed by atoms with Gasteiger partial charge in [-0.05, 0) is 31.0 Å². The molecule has 0 bridgehead atoms. The van der Waals surface area contributed by atoms with Crippen LogP contribution in [0.3, 0.4) is 0 Å². The maximum atomic E-state index is 12.8. The molecule has 0 aliphatic carbocycles. The number of carbonyl (C=O) groups excluding carboxylic acids is 2. The number of alkyl halides is 3. The summed E-state index contributed by atoms with van der Waals surface area (Å²) in [5.41, 5.74) is -0.195. The SMILES string of the molecule is CCC1NC(=O)CN(c2cc(C(F)(F)F)ccc2C)C1=O. The summed E-state index contributed by atoms with van der Waals surface area (Å²) < 4.78 is 38.4. The largest absolute Gasteiger partial charge is 0.416 e. The molecule has 1 aromatic carbocycles. The second-order valence-corrected chi connectivity index (χ2v) is 4.95. The second-order valence-electron chi connectivity index (χ2n) is 4.95. The first-order valence-electron chi connectivity index (χ1n) is 6.52. The maximum absolute atomic E-state index is 12.8. The Bertz CT molecular complexity index is 584. The van der Waals surface area contributed by atoms with Crippen LogP contribution in [0.15, 0.2) is 18.2 Å². The van der Waals surface area contributed by atoms with Crippen LogP contribution in [0.2, 0.25) is 0 Å². The molecule has 1 aliphatic heterocycles. The van der Waals surface area contributed by atoms with Crippen LogP contribution in [0.5, 0.6) is 0 Å². The number of aryl methyl sites for hydroxylation is 1. The van der Waals surface area contributed by atoms with Gasteiger partial charge in [0.2, 0.25) is 11.8 Å². The van der Waals surface area contributed by atoms with Gasteiger partial charge < -0.3 is 10.2 Å². The first kappa shape index (κ1) is 15.3. The fourth-order valence-corrected chi connectivity index (χ4v) is 2.27. The predicted octanol–water partition coefficient (Wildman–Crippen LogP) is 2.26. The van der Waals surface area contributed by atoms with Gasteiger partial charge in [-0.25, -0.2) is 0 Å². The van der Waals surface area contributed by atoms with Gasteiger partial charge in [0.05, 0.1) is 5.56 Å². The summed E-state index contributed by atoms with van der Waals surface area (Å²) in [5.74, 6) is -0.766. The van der Waals surface area contributed by atoms with Crippen molar-refractivity contribution < 1.29 is 22.8 Å². The van der Waals surface area contributed by atoms with Gasteiger partial charge in [0, 0.05) is 5.69 Å². The van der Waals surface area contributed by atoms with E-state index in [1.807, 2.05) is 0 Å². The van der Waals surface area contributed by atoms with E-state index in [2.05, 4.69) is 5.32 Å². The Kier molecular flexibility index (Phi) is 3.93. The van der Waals surface area contributed by atoms with Gasteiger partial charge >= 0.3 is 6.18 Å². The van der Waals surface area contributed by atoms with Crippen molar-refractivity contribution in [1.82, 2.24) is 5.32 Å². The van der Waals surface area contributed by atoms with Crippen LogP contribution in [0, 0.1) is 6.92 Å². The third-order valence-electron chi connectivity index (χ3n) is 3.44. The molecule has 1 heterocycles. The summed E-state index contributed by atoms with van der Waals surface area (Å²) in [6.07, 6.45) is -4.10. The summed E-state index contributed by atoms with van der Waals surface area (Å²) in [4.78, 5) is 25.0. The zero-order valence-corrected chi connectivity index (χ0v) is 11.6. The molecule has 4 nitrogen and oxygen atoms in total. The molecule has 1 unspecified atom stereocenters. The van der Waals surface area contributed by atoms with E-state index in [1.165, 1.54) is 6.07 Å². The predicted molar refractivity (Wildman–Crippen MR) is 70.8 cm³/mol. The Hall–Kier alpha value is -2.05. The number of rotatable bonds is 2. The molecule has 0 spiro atoms. The molecule has 0 aromatic heterocycles. The van der Waals surface area contributed by atoms with Gasteiger partial charge in [-0.15, -0.1) is 0 Å². The van der Waals surface area contributed by atoms with E-state index >= 15 is 0 Å². The summed E-state index contributed by atoms with van der Waals surface area (Å²) >= 11 is 0. The highest BCUT2D eigenvalue weighted by Gasteiger charge is 2.35. The van der Waals surface area contributed by atoms with E-state index < -0.39 is 17.8 Å². The maximum Gasteiger partial charge on any atom is 0.416 e. The third kappa shape index (κ3) is 3.01. The highest BCUT2D eigenvalue weighted by atomic mass is 19.4. The molecular formula is C14H15F3N2O2. The Morgan fingerprint density at radius 3 is 2.57 bits per heavy atom. The minimum atomic E-state index is -4.49. The average molecular weight is 300 g/mol. The average Bonchev–Trinajstić information content (AvgIpc) is 2.40. The number of amides is 2. The van der Waals surface area contributed by atoms with Gasteiger partial charge in [0.25, 0.3) is 0 Å². The van der Waals surface area contributed by atoms with Crippen LogP contribution >= 0.6 is 0 Å². The highest BCUT2D eigenvalue weighted by Crippen LogP contribution is 2.33. The first-order chi connectivity index (χ1) is 9.74. The van der Waals surface area contributed by atoms with E-state index in [9.17, 15) is 22.8 Å². The molecule has 2 amide bonds. The number of hydrogen-bond donors (Lipinski definition) is 1. The van der Waals surface area contributed by atoms with E-state index in [1.54, 1.807) is 13.8 Å². The lowest BCUT2D eigenvalue weighted by atomic mass is 10.1. The van der Waals surface area contributed by atoms with Crippen LogP contribution in [0.4, 0.5) is 18.9 Å². The van der Waals surface area contributed by atoms with Crippen molar-refractivity contribution in [1.29, 1.82) is 0 Å². The molecule has 2 rings (SSSR count). The quantitative estimate of drug-likeness (QED) is 0.911. The molecule has 7 heteroatoms. The summed E-state index contributed by atoms with van der Waals surface area (Å²) in [6.45, 7) is 3.07. The number of nitrogens with zero attached hydrogens (tertiary/aromatic N) is 1.